The van der Waals surface area contributed by atoms with Crippen molar-refractivity contribution >= 4 is 0 Å². The standard InChI is InChI=1S/C15H7F9/c16-13(17,18)10-3-1-2-8(4-10)9-5-11(14(19,20)21)7-12(6-9)15(22,23)24/h1-7H. The van der Waals surface area contributed by atoms with E-state index in [-0.39, 0.29) is 6.07 Å². The van der Waals surface area contributed by atoms with Crippen molar-refractivity contribution in [2.75, 3.05) is 0 Å². The molecule has 9 heteroatoms. The number of alkyl halides is 9. The molecule has 130 valence electrons. The molecule has 0 nitrogen and oxygen atoms in total. The van der Waals surface area contributed by atoms with Gasteiger partial charge in [0.25, 0.3) is 0 Å². The van der Waals surface area contributed by atoms with E-state index in [2.05, 4.69) is 0 Å². The second-order valence-corrected chi connectivity index (χ2v) is 4.87. The van der Waals surface area contributed by atoms with Crippen molar-refractivity contribution in [3.05, 3.63) is 59.2 Å². The van der Waals surface area contributed by atoms with Crippen molar-refractivity contribution in [3.8, 4) is 11.1 Å². The highest BCUT2D eigenvalue weighted by atomic mass is 19.4. The van der Waals surface area contributed by atoms with Crippen LogP contribution in [0.5, 0.6) is 0 Å². The van der Waals surface area contributed by atoms with Crippen molar-refractivity contribution < 1.29 is 39.5 Å². The van der Waals surface area contributed by atoms with Crippen LogP contribution in [0.25, 0.3) is 11.1 Å². The van der Waals surface area contributed by atoms with E-state index < -0.39 is 46.3 Å². The number of halogens is 9. The first-order valence-corrected chi connectivity index (χ1v) is 6.25. The zero-order valence-corrected chi connectivity index (χ0v) is 11.4. The lowest BCUT2D eigenvalue weighted by Gasteiger charge is -2.15. The zero-order chi connectivity index (χ0) is 18.3. The highest BCUT2D eigenvalue weighted by molar-refractivity contribution is 5.66. The largest absolute Gasteiger partial charge is 0.416 e. The van der Waals surface area contributed by atoms with Gasteiger partial charge in [0.2, 0.25) is 0 Å². The van der Waals surface area contributed by atoms with Gasteiger partial charge in [-0.3, -0.25) is 0 Å². The van der Waals surface area contributed by atoms with Gasteiger partial charge in [0.1, 0.15) is 0 Å². The molecule has 0 aliphatic carbocycles. The Bertz CT molecular complexity index is 704. The van der Waals surface area contributed by atoms with Gasteiger partial charge in [0, 0.05) is 0 Å². The van der Waals surface area contributed by atoms with Crippen LogP contribution in [0.2, 0.25) is 0 Å². The molecule has 2 aromatic carbocycles. The first kappa shape index (κ1) is 18.2. The summed E-state index contributed by atoms with van der Waals surface area (Å²) in [6, 6.07) is 3.75. The van der Waals surface area contributed by atoms with Crippen molar-refractivity contribution in [1.82, 2.24) is 0 Å². The lowest BCUT2D eigenvalue weighted by atomic mass is 9.97. The minimum Gasteiger partial charge on any atom is -0.166 e. The molecule has 0 bridgehead atoms. The SMILES string of the molecule is FC(F)(F)c1cccc(-c2cc(C(F)(F)F)cc(C(F)(F)F)c2)c1. The van der Waals surface area contributed by atoms with E-state index in [1.165, 1.54) is 0 Å². The average Bonchev–Trinajstić information content (AvgIpc) is 2.44. The first-order valence-electron chi connectivity index (χ1n) is 6.25. The summed E-state index contributed by atoms with van der Waals surface area (Å²) in [6.45, 7) is 0. The zero-order valence-electron chi connectivity index (χ0n) is 11.4. The monoisotopic (exact) mass is 358 g/mol. The third-order valence-corrected chi connectivity index (χ3v) is 3.11. The Labute approximate surface area is 129 Å². The first-order chi connectivity index (χ1) is 10.8. The van der Waals surface area contributed by atoms with Crippen LogP contribution in [0.1, 0.15) is 16.7 Å². The van der Waals surface area contributed by atoms with Gasteiger partial charge in [-0.1, -0.05) is 12.1 Å². The molecule has 2 rings (SSSR count). The second-order valence-electron chi connectivity index (χ2n) is 4.87. The topological polar surface area (TPSA) is 0 Å². The maximum atomic E-state index is 12.8. The molecule has 24 heavy (non-hydrogen) atoms. The Hall–Kier alpha value is -2.19. The van der Waals surface area contributed by atoms with Gasteiger partial charge in [-0.25, -0.2) is 0 Å². The summed E-state index contributed by atoms with van der Waals surface area (Å²) in [5.74, 6) is 0. The van der Waals surface area contributed by atoms with E-state index in [4.69, 9.17) is 0 Å². The molecular formula is C15H7F9. The summed E-state index contributed by atoms with van der Waals surface area (Å²) >= 11 is 0. The summed E-state index contributed by atoms with van der Waals surface area (Å²) in [6.07, 6.45) is -14.9. The van der Waals surface area contributed by atoms with Crippen molar-refractivity contribution in [1.29, 1.82) is 0 Å². The Balaban J connectivity index is 2.66. The van der Waals surface area contributed by atoms with Gasteiger partial charge in [-0.2, -0.15) is 39.5 Å². The smallest absolute Gasteiger partial charge is 0.166 e. The quantitative estimate of drug-likeness (QED) is 0.517. The van der Waals surface area contributed by atoms with Gasteiger partial charge in [-0.05, 0) is 41.5 Å². The Morgan fingerprint density at radius 3 is 1.29 bits per heavy atom. The lowest BCUT2D eigenvalue weighted by Crippen LogP contribution is -2.11. The highest BCUT2D eigenvalue weighted by Crippen LogP contribution is 2.39. The molecule has 0 saturated carbocycles. The van der Waals surface area contributed by atoms with Crippen molar-refractivity contribution in [3.63, 3.8) is 0 Å². The molecule has 0 aliphatic rings. The van der Waals surface area contributed by atoms with Crippen molar-refractivity contribution in [2.24, 2.45) is 0 Å². The summed E-state index contributed by atoms with van der Waals surface area (Å²) in [5.41, 5.74) is -5.37. The van der Waals surface area contributed by atoms with Gasteiger partial charge >= 0.3 is 18.5 Å². The fraction of sp³-hybridized carbons (Fsp3) is 0.200. The van der Waals surface area contributed by atoms with E-state index >= 15 is 0 Å². The number of hydrogen-bond donors (Lipinski definition) is 0. The maximum absolute atomic E-state index is 12.8. The van der Waals surface area contributed by atoms with Crippen LogP contribution in [0.15, 0.2) is 42.5 Å². The molecule has 0 radical (unpaired) electrons. The fourth-order valence-electron chi connectivity index (χ4n) is 2.00. The van der Waals surface area contributed by atoms with Crippen LogP contribution >= 0.6 is 0 Å². The van der Waals surface area contributed by atoms with E-state index in [0.29, 0.717) is 24.3 Å². The molecule has 0 atom stereocenters. The third kappa shape index (κ3) is 4.01. The maximum Gasteiger partial charge on any atom is 0.416 e. The Kier molecular flexibility index (Phi) is 4.32. The van der Waals surface area contributed by atoms with Crippen LogP contribution in [-0.2, 0) is 18.5 Å². The van der Waals surface area contributed by atoms with Crippen LogP contribution in [0.3, 0.4) is 0 Å². The summed E-state index contributed by atoms with van der Waals surface area (Å²) in [4.78, 5) is 0. The Morgan fingerprint density at radius 1 is 0.458 bits per heavy atom. The molecule has 0 saturated heterocycles. The molecule has 0 unspecified atom stereocenters. The van der Waals surface area contributed by atoms with E-state index in [1.54, 1.807) is 0 Å². The minimum atomic E-state index is -5.07. The molecule has 0 N–H and O–H groups in total. The number of rotatable bonds is 1. The summed E-state index contributed by atoms with van der Waals surface area (Å²) < 4.78 is 115. The van der Waals surface area contributed by atoms with E-state index in [0.717, 1.165) is 12.1 Å². The highest BCUT2D eigenvalue weighted by Gasteiger charge is 2.37. The molecule has 0 spiro atoms. The lowest BCUT2D eigenvalue weighted by molar-refractivity contribution is -0.143. The normalized spacial score (nSPS) is 13.2. The van der Waals surface area contributed by atoms with Crippen LogP contribution in [-0.4, -0.2) is 0 Å². The predicted octanol–water partition coefficient (Wildman–Crippen LogP) is 6.41. The van der Waals surface area contributed by atoms with Gasteiger partial charge < -0.3 is 0 Å². The van der Waals surface area contributed by atoms with E-state index in [1.807, 2.05) is 0 Å². The molecule has 0 amide bonds. The predicted molar refractivity (Wildman–Crippen MR) is 66.9 cm³/mol. The molecular weight excluding hydrogens is 351 g/mol. The van der Waals surface area contributed by atoms with Gasteiger partial charge in [0.05, 0.1) is 16.7 Å². The summed E-state index contributed by atoms with van der Waals surface area (Å²) in [7, 11) is 0. The second kappa shape index (κ2) is 5.71. The van der Waals surface area contributed by atoms with Crippen LogP contribution < -0.4 is 0 Å². The number of hydrogen-bond acceptors (Lipinski definition) is 0. The molecule has 0 aromatic heterocycles. The van der Waals surface area contributed by atoms with Crippen LogP contribution in [0.4, 0.5) is 39.5 Å². The number of benzene rings is 2. The van der Waals surface area contributed by atoms with Gasteiger partial charge in [-0.15, -0.1) is 0 Å². The average molecular weight is 358 g/mol. The van der Waals surface area contributed by atoms with Crippen molar-refractivity contribution in [2.45, 2.75) is 18.5 Å². The van der Waals surface area contributed by atoms with Crippen LogP contribution in [0, 0.1) is 0 Å². The third-order valence-electron chi connectivity index (χ3n) is 3.11. The molecule has 0 fully saturated rings. The summed E-state index contributed by atoms with van der Waals surface area (Å²) in [5, 5.41) is 0. The van der Waals surface area contributed by atoms with E-state index in [9.17, 15) is 39.5 Å². The Morgan fingerprint density at radius 2 is 0.875 bits per heavy atom. The minimum absolute atomic E-state index is 0.0862. The van der Waals surface area contributed by atoms with Gasteiger partial charge in [0.15, 0.2) is 0 Å². The molecule has 0 aliphatic heterocycles. The molecule has 2 aromatic rings. The molecule has 0 heterocycles. The fourth-order valence-corrected chi connectivity index (χ4v) is 2.00.